The minimum Gasteiger partial charge on any atom is -0.453 e. The molecule has 0 aromatic carbocycles. The van der Waals surface area contributed by atoms with Gasteiger partial charge in [0.05, 0.1) is 13.7 Å². The van der Waals surface area contributed by atoms with Gasteiger partial charge < -0.3 is 19.5 Å². The quantitative estimate of drug-likeness (QED) is 0.463. The second-order valence-electron chi connectivity index (χ2n) is 6.86. The number of amides is 3. The highest BCUT2D eigenvalue weighted by molar-refractivity contribution is 5.86. The molecule has 24 heavy (non-hydrogen) atoms. The van der Waals surface area contributed by atoms with Gasteiger partial charge in [0, 0.05) is 6.54 Å². The van der Waals surface area contributed by atoms with Gasteiger partial charge in [0.25, 0.3) is 0 Å². The van der Waals surface area contributed by atoms with Gasteiger partial charge >= 0.3 is 18.3 Å². The molecule has 140 valence electrons. The van der Waals surface area contributed by atoms with Gasteiger partial charge in [-0.25, -0.2) is 14.4 Å². The number of imide groups is 1. The van der Waals surface area contributed by atoms with Crippen molar-refractivity contribution in [2.75, 3.05) is 20.3 Å². The van der Waals surface area contributed by atoms with Gasteiger partial charge in [-0.2, -0.15) is 0 Å². The van der Waals surface area contributed by atoms with E-state index in [1.165, 1.54) is 7.11 Å². The van der Waals surface area contributed by atoms with Gasteiger partial charge in [0.1, 0.15) is 11.2 Å². The number of nitrogens with zero attached hydrogens (tertiary/aromatic N) is 1. The summed E-state index contributed by atoms with van der Waals surface area (Å²) in [6.45, 7) is 10.2. The van der Waals surface area contributed by atoms with Crippen molar-refractivity contribution in [2.24, 2.45) is 0 Å². The summed E-state index contributed by atoms with van der Waals surface area (Å²) < 4.78 is 14.7. The van der Waals surface area contributed by atoms with Crippen LogP contribution in [0, 0.1) is 0 Å². The topological polar surface area (TPSA) is 103 Å². The molecule has 0 unspecified atom stereocenters. The van der Waals surface area contributed by atoms with Crippen LogP contribution in [0.15, 0.2) is 0 Å². The Bertz CT molecular complexity index is 410. The lowest BCUT2D eigenvalue weighted by atomic mass is 10.2. The summed E-state index contributed by atoms with van der Waals surface area (Å²) in [6, 6.07) is 0. The first-order valence-corrected chi connectivity index (χ1v) is 7.56. The number of nitrogens with one attached hydrogen (secondary N) is 1. The number of methoxy groups -OCH3 is 1. The molecule has 0 fully saturated rings. The lowest BCUT2D eigenvalue weighted by Gasteiger charge is -2.27. The van der Waals surface area contributed by atoms with E-state index < -0.39 is 29.5 Å². The van der Waals surface area contributed by atoms with Gasteiger partial charge in [0.15, 0.2) is 0 Å². The molecule has 0 saturated carbocycles. The molecule has 0 saturated heterocycles. The zero-order valence-corrected chi connectivity index (χ0v) is 15.4. The van der Waals surface area contributed by atoms with Crippen LogP contribution in [0.4, 0.5) is 14.4 Å². The summed E-state index contributed by atoms with van der Waals surface area (Å²) in [5.74, 6) is 0. The van der Waals surface area contributed by atoms with Gasteiger partial charge in [-0.05, 0) is 48.0 Å². The van der Waals surface area contributed by atoms with E-state index in [0.717, 1.165) is 0 Å². The van der Waals surface area contributed by atoms with Crippen LogP contribution in [0.2, 0.25) is 0 Å². The van der Waals surface area contributed by atoms with E-state index in [1.54, 1.807) is 41.5 Å². The van der Waals surface area contributed by atoms with Crippen molar-refractivity contribution in [3.05, 3.63) is 0 Å². The van der Waals surface area contributed by atoms with Crippen LogP contribution < -0.4 is 5.32 Å². The molecule has 0 aliphatic heterocycles. The third-order valence-corrected chi connectivity index (χ3v) is 2.11. The van der Waals surface area contributed by atoms with Crippen LogP contribution in [0.3, 0.4) is 0 Å². The van der Waals surface area contributed by atoms with Crippen LogP contribution in [-0.4, -0.2) is 54.8 Å². The third kappa shape index (κ3) is 10.7. The zero-order valence-electron chi connectivity index (χ0n) is 15.4. The van der Waals surface area contributed by atoms with E-state index >= 15 is 0 Å². The predicted octanol–water partition coefficient (Wildman–Crippen LogP) is 2.84. The van der Waals surface area contributed by atoms with Crippen molar-refractivity contribution < 1.29 is 33.4 Å². The fourth-order valence-corrected chi connectivity index (χ4v) is 1.28. The minimum atomic E-state index is -0.974. The molecular weight excluding hydrogens is 320 g/mol. The Morgan fingerprint density at radius 3 is 1.75 bits per heavy atom. The molecule has 0 aromatic rings. The number of hydroxylamine groups is 2. The first kappa shape index (κ1) is 22.0. The van der Waals surface area contributed by atoms with E-state index in [2.05, 4.69) is 10.1 Å². The Hall–Kier alpha value is -2.03. The van der Waals surface area contributed by atoms with E-state index in [1.807, 2.05) is 0 Å². The first-order valence-electron chi connectivity index (χ1n) is 7.56. The summed E-state index contributed by atoms with van der Waals surface area (Å²) in [5.41, 5.74) is -1.60. The van der Waals surface area contributed by atoms with Gasteiger partial charge in [0.2, 0.25) is 0 Å². The molecule has 0 radical (unpaired) electrons. The predicted molar refractivity (Wildman–Crippen MR) is 85.3 cm³/mol. The van der Waals surface area contributed by atoms with Gasteiger partial charge in [-0.3, -0.25) is 4.84 Å². The standard InChI is InChI=1S/C15H28N2O7/c1-14(2,3)23-12(19)17(13(20)24-15(4,5)6)22-10-8-9-16-11(18)21-7/h8-10H2,1-7H3,(H,16,18). The second kappa shape index (κ2) is 9.31. The van der Waals surface area contributed by atoms with Crippen molar-refractivity contribution >= 4 is 18.3 Å². The van der Waals surface area contributed by atoms with Crippen LogP contribution in [0.25, 0.3) is 0 Å². The fourth-order valence-electron chi connectivity index (χ4n) is 1.28. The molecule has 0 aliphatic rings. The molecule has 0 aromatic heterocycles. The SMILES string of the molecule is COC(=O)NCCCON(C(=O)OC(C)(C)C)C(=O)OC(C)(C)C. The smallest absolute Gasteiger partial charge is 0.444 e. The molecular formula is C15H28N2O7. The molecule has 0 aliphatic carbocycles. The van der Waals surface area contributed by atoms with Crippen molar-refractivity contribution in [1.82, 2.24) is 10.4 Å². The first-order chi connectivity index (χ1) is 10.9. The number of alkyl carbamates (subject to hydrolysis) is 1. The van der Waals surface area contributed by atoms with Crippen molar-refractivity contribution in [2.45, 2.75) is 59.2 Å². The van der Waals surface area contributed by atoms with E-state index in [4.69, 9.17) is 14.3 Å². The maximum Gasteiger partial charge on any atom is 0.444 e. The van der Waals surface area contributed by atoms with Crippen LogP contribution in [0.1, 0.15) is 48.0 Å². The Kier molecular flexibility index (Phi) is 8.52. The highest BCUT2D eigenvalue weighted by atomic mass is 16.8. The minimum absolute atomic E-state index is 0.0114. The van der Waals surface area contributed by atoms with Crippen LogP contribution >= 0.6 is 0 Å². The fraction of sp³-hybridized carbons (Fsp3) is 0.800. The Morgan fingerprint density at radius 1 is 0.917 bits per heavy atom. The Morgan fingerprint density at radius 2 is 1.38 bits per heavy atom. The molecule has 0 spiro atoms. The number of carbonyl (C=O) groups excluding carboxylic acids is 3. The molecule has 0 rings (SSSR count). The number of carbonyl (C=O) groups is 3. The molecule has 0 bridgehead atoms. The summed E-state index contributed by atoms with van der Waals surface area (Å²) >= 11 is 0. The Labute approximate surface area is 142 Å². The van der Waals surface area contributed by atoms with E-state index in [-0.39, 0.29) is 13.2 Å². The molecule has 0 heterocycles. The summed E-state index contributed by atoms with van der Waals surface area (Å²) in [6.07, 6.45) is -2.18. The normalized spacial score (nSPS) is 11.5. The molecule has 3 amide bonds. The van der Waals surface area contributed by atoms with Crippen molar-refractivity contribution in [1.29, 1.82) is 0 Å². The molecule has 1 N–H and O–H groups in total. The maximum atomic E-state index is 12.1. The van der Waals surface area contributed by atoms with Crippen molar-refractivity contribution in [3.8, 4) is 0 Å². The third-order valence-electron chi connectivity index (χ3n) is 2.11. The number of ether oxygens (including phenoxy) is 3. The molecule has 0 atom stereocenters. The second-order valence-corrected chi connectivity index (χ2v) is 6.86. The average molecular weight is 348 g/mol. The molecule has 9 heteroatoms. The highest BCUT2D eigenvalue weighted by Crippen LogP contribution is 2.14. The van der Waals surface area contributed by atoms with E-state index in [0.29, 0.717) is 11.5 Å². The maximum absolute atomic E-state index is 12.1. The summed E-state index contributed by atoms with van der Waals surface area (Å²) in [7, 11) is 1.25. The Balaban J connectivity index is 4.66. The van der Waals surface area contributed by atoms with Crippen molar-refractivity contribution in [3.63, 3.8) is 0 Å². The van der Waals surface area contributed by atoms with Crippen LogP contribution in [-0.2, 0) is 19.0 Å². The average Bonchev–Trinajstić information content (AvgIpc) is 2.37. The van der Waals surface area contributed by atoms with E-state index in [9.17, 15) is 14.4 Å². The van der Waals surface area contributed by atoms with Gasteiger partial charge in [-0.15, -0.1) is 0 Å². The monoisotopic (exact) mass is 348 g/mol. The summed E-state index contributed by atoms with van der Waals surface area (Å²) in [5, 5.41) is 2.89. The number of hydrogen-bond acceptors (Lipinski definition) is 7. The van der Waals surface area contributed by atoms with Gasteiger partial charge in [-0.1, -0.05) is 5.06 Å². The highest BCUT2D eigenvalue weighted by Gasteiger charge is 2.32. The summed E-state index contributed by atoms with van der Waals surface area (Å²) in [4.78, 5) is 40.3. The lowest BCUT2D eigenvalue weighted by Crippen LogP contribution is -2.43. The largest absolute Gasteiger partial charge is 0.453 e. The number of hydrogen-bond donors (Lipinski definition) is 1. The van der Waals surface area contributed by atoms with Crippen LogP contribution in [0.5, 0.6) is 0 Å². The zero-order chi connectivity index (χ0) is 19.0. The lowest BCUT2D eigenvalue weighted by molar-refractivity contribution is -0.138. The number of rotatable bonds is 5. The molecule has 9 nitrogen and oxygen atoms in total.